The molecule has 2 unspecified atom stereocenters. The fourth-order valence-electron chi connectivity index (χ4n) is 2.69. The van der Waals surface area contributed by atoms with Crippen LogP contribution in [0.2, 0.25) is 0 Å². The number of unbranched alkanes of at least 4 members (excludes halogenated alkanes) is 1. The molecule has 4 nitrogen and oxygen atoms in total. The summed E-state index contributed by atoms with van der Waals surface area (Å²) in [6, 6.07) is 13.1. The number of hydrogen-bond donors (Lipinski definition) is 2. The van der Waals surface area contributed by atoms with Crippen molar-refractivity contribution >= 4 is 10.9 Å². The predicted octanol–water partition coefficient (Wildman–Crippen LogP) is 4.30. The monoisotopic (exact) mass is 323 g/mol. The zero-order chi connectivity index (χ0) is 16.9. The van der Waals surface area contributed by atoms with Gasteiger partial charge in [-0.15, -0.1) is 6.58 Å². The Morgan fingerprint density at radius 3 is 2.75 bits per heavy atom. The third kappa shape index (κ3) is 3.55. The van der Waals surface area contributed by atoms with Crippen molar-refractivity contribution < 1.29 is 14.6 Å². The van der Waals surface area contributed by atoms with Crippen LogP contribution in [0.3, 0.4) is 0 Å². The second kappa shape index (κ2) is 7.43. The highest BCUT2D eigenvalue weighted by Gasteiger charge is 2.18. The molecule has 1 aromatic carbocycles. The van der Waals surface area contributed by atoms with E-state index in [2.05, 4.69) is 11.6 Å². The molecule has 2 N–H and O–H groups in total. The van der Waals surface area contributed by atoms with Gasteiger partial charge in [0, 0.05) is 17.1 Å². The molecular formula is C20H21NO3. The molecule has 0 aliphatic heterocycles. The van der Waals surface area contributed by atoms with Gasteiger partial charge in [0.25, 0.3) is 0 Å². The molecule has 0 saturated heterocycles. The van der Waals surface area contributed by atoms with E-state index in [0.717, 1.165) is 23.7 Å². The van der Waals surface area contributed by atoms with Crippen molar-refractivity contribution in [2.45, 2.75) is 31.5 Å². The van der Waals surface area contributed by atoms with E-state index in [0.29, 0.717) is 23.5 Å². The number of fused-ring (bicyclic) bond motifs is 1. The number of aliphatic hydroxyl groups excluding tert-OH is 2. The molecule has 2 heterocycles. The van der Waals surface area contributed by atoms with Gasteiger partial charge in [-0.25, -0.2) is 0 Å². The second-order valence-corrected chi connectivity index (χ2v) is 5.84. The number of aromatic nitrogens is 1. The molecule has 0 fully saturated rings. The van der Waals surface area contributed by atoms with Gasteiger partial charge in [-0.3, -0.25) is 4.98 Å². The maximum absolute atomic E-state index is 10.5. The Morgan fingerprint density at radius 2 is 1.92 bits per heavy atom. The van der Waals surface area contributed by atoms with E-state index in [1.807, 2.05) is 36.4 Å². The topological polar surface area (TPSA) is 66.5 Å². The van der Waals surface area contributed by atoms with Crippen molar-refractivity contribution in [3.8, 4) is 0 Å². The summed E-state index contributed by atoms with van der Waals surface area (Å²) in [7, 11) is 0. The summed E-state index contributed by atoms with van der Waals surface area (Å²) in [5, 5.41) is 21.6. The van der Waals surface area contributed by atoms with Gasteiger partial charge in [-0.05, 0) is 43.5 Å². The van der Waals surface area contributed by atoms with Crippen LogP contribution < -0.4 is 0 Å². The summed E-state index contributed by atoms with van der Waals surface area (Å²) >= 11 is 0. The highest BCUT2D eigenvalue weighted by Crippen LogP contribution is 2.29. The Morgan fingerprint density at radius 1 is 1.12 bits per heavy atom. The summed E-state index contributed by atoms with van der Waals surface area (Å²) in [5.41, 5.74) is 1.54. The van der Waals surface area contributed by atoms with Gasteiger partial charge < -0.3 is 14.6 Å². The number of nitrogens with zero attached hydrogens (tertiary/aromatic N) is 1. The van der Waals surface area contributed by atoms with Crippen LogP contribution in [0, 0.1) is 0 Å². The van der Waals surface area contributed by atoms with Crippen LogP contribution in [-0.2, 0) is 0 Å². The minimum atomic E-state index is -0.906. The zero-order valence-corrected chi connectivity index (χ0v) is 13.4. The predicted molar refractivity (Wildman–Crippen MR) is 93.5 cm³/mol. The minimum absolute atomic E-state index is 0.407. The molecule has 0 aliphatic rings. The van der Waals surface area contributed by atoms with Crippen LogP contribution in [0.15, 0.2) is 65.7 Å². The van der Waals surface area contributed by atoms with E-state index < -0.39 is 12.2 Å². The highest BCUT2D eigenvalue weighted by molar-refractivity contribution is 5.78. The summed E-state index contributed by atoms with van der Waals surface area (Å²) < 4.78 is 5.65. The zero-order valence-electron chi connectivity index (χ0n) is 13.4. The van der Waals surface area contributed by atoms with Gasteiger partial charge in [0.1, 0.15) is 23.7 Å². The summed E-state index contributed by atoms with van der Waals surface area (Å²) in [4.78, 5) is 4.36. The molecule has 0 spiro atoms. The van der Waals surface area contributed by atoms with Gasteiger partial charge in [0.2, 0.25) is 0 Å². The number of hydrogen-bond acceptors (Lipinski definition) is 4. The summed E-state index contributed by atoms with van der Waals surface area (Å²) in [6.07, 6.45) is 4.21. The molecule has 3 aromatic rings. The number of furan rings is 1. The van der Waals surface area contributed by atoms with E-state index in [1.54, 1.807) is 18.3 Å². The van der Waals surface area contributed by atoms with Crippen molar-refractivity contribution in [1.82, 2.24) is 4.98 Å². The maximum atomic E-state index is 10.5. The standard InChI is InChI=1S/C20H21NO3/c1-2-3-4-9-17(22)18-10-11-19(24-18)20(23)15-12-14-7-5-6-8-16(14)21-13-15/h2,5-8,10-13,17,20,22-23H,1,3-4,9H2. The highest BCUT2D eigenvalue weighted by atomic mass is 16.4. The number of allylic oxidation sites excluding steroid dienone is 1. The molecule has 0 aliphatic carbocycles. The van der Waals surface area contributed by atoms with Gasteiger partial charge in [0.05, 0.1) is 5.52 Å². The Kier molecular flexibility index (Phi) is 5.08. The van der Waals surface area contributed by atoms with Crippen molar-refractivity contribution in [3.63, 3.8) is 0 Å². The SMILES string of the molecule is C=CCCCC(O)c1ccc(C(O)c2cnc3ccccc3c2)o1. The molecule has 0 saturated carbocycles. The van der Waals surface area contributed by atoms with E-state index in [-0.39, 0.29) is 0 Å². The third-order valence-corrected chi connectivity index (χ3v) is 4.06. The third-order valence-electron chi connectivity index (χ3n) is 4.06. The van der Waals surface area contributed by atoms with E-state index in [1.165, 1.54) is 0 Å². The van der Waals surface area contributed by atoms with Crippen molar-refractivity contribution in [1.29, 1.82) is 0 Å². The number of rotatable bonds is 7. The number of aliphatic hydroxyl groups is 2. The molecular weight excluding hydrogens is 302 g/mol. The van der Waals surface area contributed by atoms with Crippen molar-refractivity contribution in [2.75, 3.05) is 0 Å². The lowest BCUT2D eigenvalue weighted by atomic mass is 10.1. The molecule has 24 heavy (non-hydrogen) atoms. The average molecular weight is 323 g/mol. The first kappa shape index (κ1) is 16.4. The Balaban J connectivity index is 1.76. The molecule has 124 valence electrons. The first-order chi connectivity index (χ1) is 11.7. The Labute approximate surface area is 141 Å². The molecule has 2 atom stereocenters. The average Bonchev–Trinajstić information content (AvgIpc) is 3.11. The molecule has 0 amide bonds. The fourth-order valence-corrected chi connectivity index (χ4v) is 2.69. The maximum Gasteiger partial charge on any atom is 0.138 e. The quantitative estimate of drug-likeness (QED) is 0.502. The van der Waals surface area contributed by atoms with E-state index in [9.17, 15) is 10.2 Å². The Hall–Kier alpha value is -2.43. The number of pyridine rings is 1. The van der Waals surface area contributed by atoms with Gasteiger partial charge in [-0.1, -0.05) is 24.3 Å². The van der Waals surface area contributed by atoms with Crippen molar-refractivity contribution in [2.24, 2.45) is 0 Å². The molecule has 2 aromatic heterocycles. The molecule has 3 rings (SSSR count). The van der Waals surface area contributed by atoms with E-state index in [4.69, 9.17) is 4.42 Å². The Bertz CT molecular complexity index is 824. The number of benzene rings is 1. The second-order valence-electron chi connectivity index (χ2n) is 5.84. The first-order valence-electron chi connectivity index (χ1n) is 8.10. The minimum Gasteiger partial charge on any atom is -0.460 e. The van der Waals surface area contributed by atoms with Gasteiger partial charge >= 0.3 is 0 Å². The summed E-state index contributed by atoms with van der Waals surface area (Å²) in [6.45, 7) is 3.67. The van der Waals surface area contributed by atoms with Crippen LogP contribution in [0.5, 0.6) is 0 Å². The van der Waals surface area contributed by atoms with Crippen LogP contribution in [0.4, 0.5) is 0 Å². The van der Waals surface area contributed by atoms with Crippen LogP contribution in [0.1, 0.15) is 48.6 Å². The van der Waals surface area contributed by atoms with Gasteiger partial charge in [-0.2, -0.15) is 0 Å². The van der Waals surface area contributed by atoms with Crippen molar-refractivity contribution in [3.05, 3.63) is 78.4 Å². The first-order valence-corrected chi connectivity index (χ1v) is 8.10. The normalized spacial score (nSPS) is 13.8. The molecule has 4 heteroatoms. The lowest BCUT2D eigenvalue weighted by Gasteiger charge is -2.10. The lowest BCUT2D eigenvalue weighted by Crippen LogP contribution is -1.99. The largest absolute Gasteiger partial charge is 0.460 e. The van der Waals surface area contributed by atoms with Crippen LogP contribution in [-0.4, -0.2) is 15.2 Å². The number of para-hydroxylation sites is 1. The lowest BCUT2D eigenvalue weighted by molar-refractivity contribution is 0.126. The summed E-state index contributed by atoms with van der Waals surface area (Å²) in [5.74, 6) is 0.881. The van der Waals surface area contributed by atoms with Crippen LogP contribution in [0.25, 0.3) is 10.9 Å². The van der Waals surface area contributed by atoms with Crippen LogP contribution >= 0.6 is 0 Å². The smallest absolute Gasteiger partial charge is 0.138 e. The van der Waals surface area contributed by atoms with Gasteiger partial charge in [0.15, 0.2) is 0 Å². The fraction of sp³-hybridized carbons (Fsp3) is 0.250. The van der Waals surface area contributed by atoms with E-state index >= 15 is 0 Å². The molecule has 0 radical (unpaired) electrons. The molecule has 0 bridgehead atoms.